The molecule has 4 heteroatoms. The maximum absolute atomic E-state index is 12.8. The first kappa shape index (κ1) is 11.2. The van der Waals surface area contributed by atoms with Gasteiger partial charge in [0.1, 0.15) is 5.82 Å². The third kappa shape index (κ3) is 2.11. The maximum atomic E-state index is 12.8. The second kappa shape index (κ2) is 4.29. The summed E-state index contributed by atoms with van der Waals surface area (Å²) in [6.45, 7) is 0.722. The lowest BCUT2D eigenvalue weighted by Crippen LogP contribution is -2.45. The van der Waals surface area contributed by atoms with Gasteiger partial charge in [-0.2, -0.15) is 0 Å². The van der Waals surface area contributed by atoms with Gasteiger partial charge in [0.15, 0.2) is 0 Å². The van der Waals surface area contributed by atoms with Crippen molar-refractivity contribution in [2.45, 2.75) is 24.9 Å². The zero-order valence-corrected chi connectivity index (χ0v) is 9.42. The van der Waals surface area contributed by atoms with Gasteiger partial charge in [0.25, 0.3) is 0 Å². The van der Waals surface area contributed by atoms with Crippen LogP contribution in [0.25, 0.3) is 0 Å². The number of methoxy groups -OCH3 is 1. The highest BCUT2D eigenvalue weighted by molar-refractivity contribution is 5.65. The summed E-state index contributed by atoms with van der Waals surface area (Å²) in [6.07, 6.45) is 3.34. The van der Waals surface area contributed by atoms with E-state index in [1.54, 1.807) is 13.2 Å². The van der Waals surface area contributed by atoms with Crippen molar-refractivity contribution < 1.29 is 9.13 Å². The number of ether oxygens (including phenoxy) is 1. The SMILES string of the molecule is COC1(CNc2ccc(F)cc2N)CCC1. The van der Waals surface area contributed by atoms with Crippen molar-refractivity contribution in [3.8, 4) is 0 Å². The predicted octanol–water partition coefficient (Wildman–Crippen LogP) is 2.39. The number of anilines is 2. The molecule has 1 fully saturated rings. The van der Waals surface area contributed by atoms with E-state index in [9.17, 15) is 4.39 Å². The molecule has 0 unspecified atom stereocenters. The molecule has 0 bridgehead atoms. The Balaban J connectivity index is 1.99. The van der Waals surface area contributed by atoms with Crippen LogP contribution in [-0.4, -0.2) is 19.3 Å². The first-order valence-electron chi connectivity index (χ1n) is 5.49. The number of hydrogen-bond acceptors (Lipinski definition) is 3. The van der Waals surface area contributed by atoms with Gasteiger partial charge in [-0.1, -0.05) is 0 Å². The Kier molecular flexibility index (Phi) is 3.01. The Bertz CT molecular complexity index is 372. The minimum atomic E-state index is -0.312. The van der Waals surface area contributed by atoms with Gasteiger partial charge in [-0.3, -0.25) is 0 Å². The van der Waals surface area contributed by atoms with E-state index in [1.165, 1.54) is 18.6 Å². The molecule has 0 heterocycles. The Morgan fingerprint density at radius 2 is 2.25 bits per heavy atom. The van der Waals surface area contributed by atoms with Crippen LogP contribution in [0, 0.1) is 5.82 Å². The van der Waals surface area contributed by atoms with Crippen LogP contribution < -0.4 is 11.1 Å². The quantitative estimate of drug-likeness (QED) is 0.772. The lowest BCUT2D eigenvalue weighted by molar-refractivity contribution is -0.0601. The number of halogens is 1. The molecule has 0 aromatic heterocycles. The Morgan fingerprint density at radius 1 is 1.50 bits per heavy atom. The normalized spacial score (nSPS) is 17.9. The molecule has 0 amide bonds. The van der Waals surface area contributed by atoms with Crippen LogP contribution in [0.1, 0.15) is 19.3 Å². The summed E-state index contributed by atoms with van der Waals surface area (Å²) in [7, 11) is 1.73. The van der Waals surface area contributed by atoms with Crippen LogP contribution in [0.2, 0.25) is 0 Å². The molecule has 3 N–H and O–H groups in total. The molecule has 0 aliphatic heterocycles. The van der Waals surface area contributed by atoms with Gasteiger partial charge in [-0.05, 0) is 37.5 Å². The van der Waals surface area contributed by atoms with E-state index in [4.69, 9.17) is 10.5 Å². The monoisotopic (exact) mass is 224 g/mol. The molecule has 1 aromatic carbocycles. The van der Waals surface area contributed by atoms with E-state index in [0.717, 1.165) is 25.1 Å². The van der Waals surface area contributed by atoms with Crippen molar-refractivity contribution in [1.29, 1.82) is 0 Å². The largest absolute Gasteiger partial charge is 0.397 e. The van der Waals surface area contributed by atoms with Crippen molar-refractivity contribution in [3.63, 3.8) is 0 Å². The molecule has 0 atom stereocenters. The van der Waals surface area contributed by atoms with Gasteiger partial charge >= 0.3 is 0 Å². The van der Waals surface area contributed by atoms with Gasteiger partial charge in [-0.25, -0.2) is 4.39 Å². The summed E-state index contributed by atoms with van der Waals surface area (Å²) >= 11 is 0. The van der Waals surface area contributed by atoms with Crippen molar-refractivity contribution in [3.05, 3.63) is 24.0 Å². The fraction of sp³-hybridized carbons (Fsp3) is 0.500. The molecule has 1 aliphatic carbocycles. The molecule has 0 spiro atoms. The number of benzene rings is 1. The molecule has 16 heavy (non-hydrogen) atoms. The van der Waals surface area contributed by atoms with E-state index < -0.39 is 0 Å². The lowest BCUT2D eigenvalue weighted by atomic mass is 9.80. The molecule has 3 nitrogen and oxygen atoms in total. The van der Waals surface area contributed by atoms with Crippen LogP contribution in [0.3, 0.4) is 0 Å². The minimum Gasteiger partial charge on any atom is -0.397 e. The molecule has 88 valence electrons. The molecule has 1 aromatic rings. The first-order valence-corrected chi connectivity index (χ1v) is 5.49. The van der Waals surface area contributed by atoms with Crippen LogP contribution in [0.4, 0.5) is 15.8 Å². The van der Waals surface area contributed by atoms with E-state index >= 15 is 0 Å². The van der Waals surface area contributed by atoms with Crippen LogP contribution in [0.5, 0.6) is 0 Å². The van der Waals surface area contributed by atoms with Crippen molar-refractivity contribution in [1.82, 2.24) is 0 Å². The fourth-order valence-electron chi connectivity index (χ4n) is 1.98. The van der Waals surface area contributed by atoms with Gasteiger partial charge in [-0.15, -0.1) is 0 Å². The highest BCUT2D eigenvalue weighted by Crippen LogP contribution is 2.35. The first-order chi connectivity index (χ1) is 7.65. The van der Waals surface area contributed by atoms with Crippen molar-refractivity contribution >= 4 is 11.4 Å². The van der Waals surface area contributed by atoms with Gasteiger partial charge in [0, 0.05) is 13.7 Å². The van der Waals surface area contributed by atoms with Crippen LogP contribution >= 0.6 is 0 Å². The standard InChI is InChI=1S/C12H17FN2O/c1-16-12(5-2-6-12)8-15-11-4-3-9(13)7-10(11)14/h3-4,7,15H,2,5-6,8,14H2,1H3. The second-order valence-electron chi connectivity index (χ2n) is 4.33. The molecule has 1 aliphatic rings. The number of nitrogens with one attached hydrogen (secondary N) is 1. The number of nitrogen functional groups attached to an aromatic ring is 1. The minimum absolute atomic E-state index is 0.0547. The van der Waals surface area contributed by atoms with E-state index in [-0.39, 0.29) is 11.4 Å². The average Bonchev–Trinajstić information content (AvgIpc) is 2.19. The summed E-state index contributed by atoms with van der Waals surface area (Å²) in [5.41, 5.74) is 6.86. The summed E-state index contributed by atoms with van der Waals surface area (Å²) < 4.78 is 18.3. The van der Waals surface area contributed by atoms with E-state index in [2.05, 4.69) is 5.32 Å². The summed E-state index contributed by atoms with van der Waals surface area (Å²) in [5.74, 6) is -0.312. The molecule has 0 radical (unpaired) electrons. The molecule has 0 saturated heterocycles. The highest BCUT2D eigenvalue weighted by Gasteiger charge is 2.36. The van der Waals surface area contributed by atoms with Crippen molar-refractivity contribution in [2.24, 2.45) is 0 Å². The fourth-order valence-corrected chi connectivity index (χ4v) is 1.98. The summed E-state index contributed by atoms with van der Waals surface area (Å²) in [6, 6.07) is 4.38. The topological polar surface area (TPSA) is 47.3 Å². The second-order valence-corrected chi connectivity index (χ2v) is 4.33. The number of nitrogens with two attached hydrogens (primary N) is 1. The van der Waals surface area contributed by atoms with Crippen LogP contribution in [-0.2, 0) is 4.74 Å². The van der Waals surface area contributed by atoms with Gasteiger partial charge in [0.2, 0.25) is 0 Å². The molecular formula is C12H17FN2O. The molecular weight excluding hydrogens is 207 g/mol. The van der Waals surface area contributed by atoms with Crippen molar-refractivity contribution in [2.75, 3.05) is 24.7 Å². The smallest absolute Gasteiger partial charge is 0.125 e. The zero-order valence-electron chi connectivity index (χ0n) is 9.42. The summed E-state index contributed by atoms with van der Waals surface area (Å²) in [4.78, 5) is 0. The zero-order chi connectivity index (χ0) is 11.6. The van der Waals surface area contributed by atoms with E-state index in [0.29, 0.717) is 5.69 Å². The third-order valence-electron chi connectivity index (χ3n) is 3.31. The Hall–Kier alpha value is -1.29. The Labute approximate surface area is 94.8 Å². The van der Waals surface area contributed by atoms with Gasteiger partial charge in [0.05, 0.1) is 17.0 Å². The predicted molar refractivity (Wildman–Crippen MR) is 62.9 cm³/mol. The van der Waals surface area contributed by atoms with Crippen LogP contribution in [0.15, 0.2) is 18.2 Å². The third-order valence-corrected chi connectivity index (χ3v) is 3.31. The lowest BCUT2D eigenvalue weighted by Gasteiger charge is -2.40. The number of rotatable bonds is 4. The summed E-state index contributed by atoms with van der Waals surface area (Å²) in [5, 5.41) is 3.22. The molecule has 1 saturated carbocycles. The Morgan fingerprint density at radius 3 is 2.75 bits per heavy atom. The van der Waals surface area contributed by atoms with Gasteiger partial charge < -0.3 is 15.8 Å². The average molecular weight is 224 g/mol. The number of hydrogen-bond donors (Lipinski definition) is 2. The van der Waals surface area contributed by atoms with E-state index in [1.807, 2.05) is 0 Å². The highest BCUT2D eigenvalue weighted by atomic mass is 19.1. The molecule has 2 rings (SSSR count). The maximum Gasteiger partial charge on any atom is 0.125 e.